The maximum absolute atomic E-state index is 11.5. The lowest BCUT2D eigenvalue weighted by atomic mass is 9.95. The third kappa shape index (κ3) is 1.97. The van der Waals surface area contributed by atoms with E-state index >= 15 is 0 Å². The first-order chi connectivity index (χ1) is 6.29. The summed E-state index contributed by atoms with van der Waals surface area (Å²) in [4.78, 5) is 0. The van der Waals surface area contributed by atoms with Crippen molar-refractivity contribution < 1.29 is 4.21 Å². The molecular formula is C9H14ClNOS. The van der Waals surface area contributed by atoms with Crippen LogP contribution < -0.4 is 0 Å². The maximum Gasteiger partial charge on any atom is 0.121 e. The molecule has 1 heterocycles. The van der Waals surface area contributed by atoms with Crippen molar-refractivity contribution in [3.63, 3.8) is 0 Å². The van der Waals surface area contributed by atoms with Gasteiger partial charge in [0.1, 0.15) is 16.5 Å². The Bertz CT molecular complexity index is 238. The Balaban J connectivity index is 2.02. The Hall–Kier alpha value is 0.140. The Morgan fingerprint density at radius 1 is 1.31 bits per heavy atom. The summed E-state index contributed by atoms with van der Waals surface area (Å²) in [5.74, 6) is 0. The zero-order valence-electron chi connectivity index (χ0n) is 7.49. The van der Waals surface area contributed by atoms with E-state index in [4.69, 9.17) is 11.6 Å². The molecule has 2 rings (SSSR count). The highest BCUT2D eigenvalue weighted by molar-refractivity contribution is 7.86. The molecule has 0 aromatic carbocycles. The summed E-state index contributed by atoms with van der Waals surface area (Å²) >= 11 is 6.05. The summed E-state index contributed by atoms with van der Waals surface area (Å²) in [6, 6.07) is 0.437. The average Bonchev–Trinajstić information content (AvgIpc) is 2.48. The van der Waals surface area contributed by atoms with E-state index in [2.05, 4.69) is 0 Å². The van der Waals surface area contributed by atoms with Gasteiger partial charge in [-0.2, -0.15) is 4.31 Å². The molecule has 2 nitrogen and oxygen atoms in total. The van der Waals surface area contributed by atoms with Gasteiger partial charge >= 0.3 is 0 Å². The molecule has 1 fully saturated rings. The standard InChI is InChI=1S/C9H14ClNOS/c10-9-6-7-13(12)11(9)8-4-2-1-3-5-8/h6-9H,1-5H2. The first-order valence-electron chi connectivity index (χ1n) is 4.80. The second kappa shape index (κ2) is 4.11. The highest BCUT2D eigenvalue weighted by atomic mass is 35.5. The van der Waals surface area contributed by atoms with Gasteiger partial charge in [-0.15, -0.1) is 0 Å². The van der Waals surface area contributed by atoms with E-state index in [-0.39, 0.29) is 5.50 Å². The molecule has 1 aliphatic carbocycles. The van der Waals surface area contributed by atoms with E-state index in [0.717, 1.165) is 12.8 Å². The lowest BCUT2D eigenvalue weighted by molar-refractivity contribution is 0.271. The monoisotopic (exact) mass is 219 g/mol. The zero-order chi connectivity index (χ0) is 9.26. The van der Waals surface area contributed by atoms with Crippen molar-refractivity contribution in [2.75, 3.05) is 0 Å². The fraction of sp³-hybridized carbons (Fsp3) is 0.778. The van der Waals surface area contributed by atoms with Crippen molar-refractivity contribution >= 4 is 22.6 Å². The molecule has 2 atom stereocenters. The number of rotatable bonds is 1. The van der Waals surface area contributed by atoms with Gasteiger partial charge in [-0.25, -0.2) is 4.21 Å². The van der Waals surface area contributed by atoms with Crippen molar-refractivity contribution in [1.29, 1.82) is 0 Å². The molecule has 0 N–H and O–H groups in total. The third-order valence-electron chi connectivity index (χ3n) is 2.74. The van der Waals surface area contributed by atoms with Crippen molar-refractivity contribution in [2.24, 2.45) is 0 Å². The number of hydrogen-bond donors (Lipinski definition) is 0. The van der Waals surface area contributed by atoms with E-state index in [1.54, 1.807) is 5.41 Å². The smallest absolute Gasteiger partial charge is 0.121 e. The van der Waals surface area contributed by atoms with Gasteiger partial charge in [0.2, 0.25) is 0 Å². The minimum absolute atomic E-state index is 0.149. The summed E-state index contributed by atoms with van der Waals surface area (Å²) in [7, 11) is -0.967. The van der Waals surface area contributed by atoms with Crippen LogP contribution >= 0.6 is 11.6 Å². The molecule has 0 bridgehead atoms. The number of alkyl halides is 1. The van der Waals surface area contributed by atoms with Gasteiger partial charge in [-0.1, -0.05) is 30.9 Å². The minimum Gasteiger partial charge on any atom is -0.238 e. The summed E-state index contributed by atoms with van der Waals surface area (Å²) in [5, 5.41) is 1.70. The van der Waals surface area contributed by atoms with Gasteiger partial charge in [0.05, 0.1) is 0 Å². The van der Waals surface area contributed by atoms with E-state index in [1.807, 2.05) is 10.4 Å². The van der Waals surface area contributed by atoms with E-state index < -0.39 is 11.0 Å². The molecule has 1 aliphatic heterocycles. The van der Waals surface area contributed by atoms with Gasteiger partial charge in [0.25, 0.3) is 0 Å². The largest absolute Gasteiger partial charge is 0.238 e. The molecule has 0 aromatic heterocycles. The van der Waals surface area contributed by atoms with E-state index in [0.29, 0.717) is 6.04 Å². The molecule has 0 spiro atoms. The lowest BCUT2D eigenvalue weighted by Crippen LogP contribution is -2.38. The van der Waals surface area contributed by atoms with Crippen LogP contribution in [0.4, 0.5) is 0 Å². The molecule has 0 amide bonds. The molecule has 13 heavy (non-hydrogen) atoms. The van der Waals surface area contributed by atoms with Crippen LogP contribution in [0.3, 0.4) is 0 Å². The molecular weight excluding hydrogens is 206 g/mol. The lowest BCUT2D eigenvalue weighted by Gasteiger charge is -2.31. The quantitative estimate of drug-likeness (QED) is 0.490. The summed E-state index contributed by atoms with van der Waals surface area (Å²) in [6.07, 6.45) is 7.95. The van der Waals surface area contributed by atoms with Crippen LogP contribution in [0, 0.1) is 0 Å². The van der Waals surface area contributed by atoms with Crippen molar-refractivity contribution in [3.8, 4) is 0 Å². The van der Waals surface area contributed by atoms with Gasteiger partial charge in [0, 0.05) is 11.4 Å². The van der Waals surface area contributed by atoms with Crippen LogP contribution in [0.15, 0.2) is 11.5 Å². The van der Waals surface area contributed by atoms with Gasteiger partial charge in [-0.3, -0.25) is 0 Å². The highest BCUT2D eigenvalue weighted by Gasteiger charge is 2.32. The van der Waals surface area contributed by atoms with E-state index in [1.165, 1.54) is 19.3 Å². The summed E-state index contributed by atoms with van der Waals surface area (Å²) in [6.45, 7) is 0. The molecule has 0 aromatic rings. The molecule has 0 radical (unpaired) electrons. The van der Waals surface area contributed by atoms with Crippen molar-refractivity contribution in [3.05, 3.63) is 11.5 Å². The maximum atomic E-state index is 11.5. The molecule has 74 valence electrons. The minimum atomic E-state index is -0.967. The van der Waals surface area contributed by atoms with Crippen LogP contribution in [-0.2, 0) is 11.0 Å². The van der Waals surface area contributed by atoms with Crippen LogP contribution in [0.1, 0.15) is 32.1 Å². The Kier molecular flexibility index (Phi) is 3.06. The van der Waals surface area contributed by atoms with Crippen LogP contribution in [0.25, 0.3) is 0 Å². The van der Waals surface area contributed by atoms with Gasteiger partial charge in [-0.05, 0) is 18.9 Å². The van der Waals surface area contributed by atoms with Gasteiger partial charge in [0.15, 0.2) is 0 Å². The molecule has 2 unspecified atom stereocenters. The zero-order valence-corrected chi connectivity index (χ0v) is 9.06. The van der Waals surface area contributed by atoms with Crippen molar-refractivity contribution in [1.82, 2.24) is 4.31 Å². The highest BCUT2D eigenvalue weighted by Crippen LogP contribution is 2.29. The summed E-state index contributed by atoms with van der Waals surface area (Å²) < 4.78 is 13.5. The molecule has 0 saturated heterocycles. The fourth-order valence-electron chi connectivity index (χ4n) is 2.07. The Labute approximate surface area is 86.5 Å². The van der Waals surface area contributed by atoms with Gasteiger partial charge < -0.3 is 0 Å². The first-order valence-corrected chi connectivity index (χ1v) is 6.41. The predicted molar refractivity (Wildman–Crippen MR) is 55.6 cm³/mol. The molecule has 1 saturated carbocycles. The van der Waals surface area contributed by atoms with Crippen LogP contribution in [-0.4, -0.2) is 20.1 Å². The number of halogens is 1. The van der Waals surface area contributed by atoms with Crippen LogP contribution in [0.5, 0.6) is 0 Å². The second-order valence-electron chi connectivity index (χ2n) is 3.63. The third-order valence-corrected chi connectivity index (χ3v) is 4.54. The summed E-state index contributed by atoms with van der Waals surface area (Å²) in [5.41, 5.74) is -0.149. The Morgan fingerprint density at radius 2 is 2.00 bits per heavy atom. The topological polar surface area (TPSA) is 20.3 Å². The van der Waals surface area contributed by atoms with E-state index in [9.17, 15) is 4.21 Å². The molecule has 4 heteroatoms. The number of hydrogen-bond acceptors (Lipinski definition) is 1. The average molecular weight is 220 g/mol. The fourth-order valence-corrected chi connectivity index (χ4v) is 3.82. The molecule has 2 aliphatic rings. The number of nitrogens with zero attached hydrogens (tertiary/aromatic N) is 1. The normalized spacial score (nSPS) is 37.0. The Morgan fingerprint density at radius 3 is 2.54 bits per heavy atom. The van der Waals surface area contributed by atoms with Crippen molar-refractivity contribution in [2.45, 2.75) is 43.6 Å². The SMILES string of the molecule is O=S1C=CC(Cl)N1C1CCCCC1. The predicted octanol–water partition coefficient (Wildman–Crippen LogP) is 2.38. The first kappa shape index (κ1) is 9.69. The second-order valence-corrected chi connectivity index (χ2v) is 5.32. The van der Waals surface area contributed by atoms with Crippen LogP contribution in [0.2, 0.25) is 0 Å².